The molecule has 0 amide bonds. The molecule has 1 aromatic carbocycles. The first kappa shape index (κ1) is 13.1. The van der Waals surface area contributed by atoms with Crippen LogP contribution >= 0.6 is 11.6 Å². The van der Waals surface area contributed by atoms with E-state index in [9.17, 15) is 0 Å². The molecule has 0 unspecified atom stereocenters. The van der Waals surface area contributed by atoms with Crippen LogP contribution in [0.5, 0.6) is 0 Å². The highest BCUT2D eigenvalue weighted by molar-refractivity contribution is 6.30. The summed E-state index contributed by atoms with van der Waals surface area (Å²) in [6.45, 7) is 8.48. The molecule has 0 nitrogen and oxygen atoms in total. The maximum absolute atomic E-state index is 6.05. The lowest BCUT2D eigenvalue weighted by atomic mass is 9.92. The molecule has 1 heteroatoms. The van der Waals surface area contributed by atoms with Crippen molar-refractivity contribution in [2.24, 2.45) is 0 Å². The second-order valence-electron chi connectivity index (χ2n) is 4.13. The molecule has 0 aliphatic carbocycles. The summed E-state index contributed by atoms with van der Waals surface area (Å²) < 4.78 is 0. The summed E-state index contributed by atoms with van der Waals surface area (Å²) in [7, 11) is 0. The van der Waals surface area contributed by atoms with Crippen LogP contribution in [0.3, 0.4) is 0 Å². The van der Waals surface area contributed by atoms with Crippen LogP contribution in [0.4, 0.5) is 0 Å². The fourth-order valence-electron chi connectivity index (χ4n) is 1.80. The summed E-state index contributed by atoms with van der Waals surface area (Å²) in [6, 6.07) is 6.12. The largest absolute Gasteiger partial charge is 0.0871 e. The highest BCUT2D eigenvalue weighted by atomic mass is 35.5. The van der Waals surface area contributed by atoms with Crippen LogP contribution in [0.1, 0.15) is 44.7 Å². The van der Waals surface area contributed by atoms with Crippen LogP contribution < -0.4 is 0 Å². The molecule has 1 aromatic rings. The Morgan fingerprint density at radius 1 is 1.25 bits per heavy atom. The third-order valence-corrected chi connectivity index (χ3v) is 2.84. The average Bonchev–Trinajstić information content (AvgIpc) is 2.26. The number of hydrogen-bond donors (Lipinski definition) is 0. The molecule has 0 saturated heterocycles. The predicted molar refractivity (Wildman–Crippen MR) is 74.0 cm³/mol. The van der Waals surface area contributed by atoms with Crippen LogP contribution in [-0.2, 0) is 0 Å². The van der Waals surface area contributed by atoms with Crippen LogP contribution in [-0.4, -0.2) is 0 Å². The van der Waals surface area contributed by atoms with Crippen molar-refractivity contribution in [3.63, 3.8) is 0 Å². The molecule has 0 radical (unpaired) electrons. The summed E-state index contributed by atoms with van der Waals surface area (Å²) >= 11 is 6.05. The van der Waals surface area contributed by atoms with E-state index in [0.717, 1.165) is 5.02 Å². The molecule has 0 saturated carbocycles. The number of allylic oxidation sites excluding steroid dienone is 4. The molecular formula is C15H19Cl. The Hall–Kier alpha value is -1.01. The van der Waals surface area contributed by atoms with Crippen molar-refractivity contribution >= 4 is 17.2 Å². The molecule has 0 N–H and O–H groups in total. The van der Waals surface area contributed by atoms with Gasteiger partial charge in [-0.05, 0) is 48.6 Å². The third-order valence-electron chi connectivity index (χ3n) is 2.60. The zero-order valence-corrected chi connectivity index (χ0v) is 11.2. The van der Waals surface area contributed by atoms with Crippen LogP contribution in [0.2, 0.25) is 5.02 Å². The lowest BCUT2D eigenvalue weighted by Gasteiger charge is -2.14. The average molecular weight is 235 g/mol. The SMILES string of the molecule is C/C=C\C(=C/C)c1ccc(Cl)cc1C(C)C. The summed E-state index contributed by atoms with van der Waals surface area (Å²) in [5, 5.41) is 0.809. The van der Waals surface area contributed by atoms with Crippen molar-refractivity contribution in [3.8, 4) is 0 Å². The van der Waals surface area contributed by atoms with Gasteiger partial charge in [-0.2, -0.15) is 0 Å². The standard InChI is InChI=1S/C15H19Cl/c1-5-7-12(6-2)14-9-8-13(16)10-15(14)11(3)4/h5-11H,1-4H3/b7-5-,12-6+. The maximum atomic E-state index is 6.05. The topological polar surface area (TPSA) is 0 Å². The Kier molecular flexibility index (Phi) is 4.82. The molecule has 0 atom stereocenters. The second-order valence-corrected chi connectivity index (χ2v) is 4.57. The van der Waals surface area contributed by atoms with E-state index in [1.165, 1.54) is 16.7 Å². The molecule has 0 bridgehead atoms. The zero-order chi connectivity index (χ0) is 12.1. The van der Waals surface area contributed by atoms with E-state index in [-0.39, 0.29) is 0 Å². The van der Waals surface area contributed by atoms with Gasteiger partial charge in [-0.1, -0.05) is 49.7 Å². The van der Waals surface area contributed by atoms with Crippen molar-refractivity contribution < 1.29 is 0 Å². The first-order valence-electron chi connectivity index (χ1n) is 5.69. The van der Waals surface area contributed by atoms with Gasteiger partial charge in [0.2, 0.25) is 0 Å². The Labute approximate surface area is 104 Å². The van der Waals surface area contributed by atoms with Gasteiger partial charge in [0.15, 0.2) is 0 Å². The molecule has 0 aliphatic heterocycles. The quantitative estimate of drug-likeness (QED) is 0.611. The van der Waals surface area contributed by atoms with Crippen LogP contribution in [0.25, 0.3) is 5.57 Å². The molecule has 0 spiro atoms. The smallest absolute Gasteiger partial charge is 0.0409 e. The summed E-state index contributed by atoms with van der Waals surface area (Å²) in [5.74, 6) is 0.480. The van der Waals surface area contributed by atoms with Gasteiger partial charge >= 0.3 is 0 Å². The van der Waals surface area contributed by atoms with Gasteiger partial charge < -0.3 is 0 Å². The lowest BCUT2D eigenvalue weighted by molar-refractivity contribution is 0.863. The van der Waals surface area contributed by atoms with Crippen LogP contribution in [0, 0.1) is 0 Å². The van der Waals surface area contributed by atoms with E-state index in [1.807, 2.05) is 13.0 Å². The van der Waals surface area contributed by atoms with Crippen molar-refractivity contribution in [3.05, 3.63) is 52.6 Å². The maximum Gasteiger partial charge on any atom is 0.0409 e. The van der Waals surface area contributed by atoms with Crippen molar-refractivity contribution in [2.45, 2.75) is 33.6 Å². The highest BCUT2D eigenvalue weighted by Gasteiger charge is 2.09. The van der Waals surface area contributed by atoms with Crippen LogP contribution in [0.15, 0.2) is 36.4 Å². The highest BCUT2D eigenvalue weighted by Crippen LogP contribution is 2.29. The Morgan fingerprint density at radius 3 is 2.44 bits per heavy atom. The number of benzene rings is 1. The molecule has 1 rings (SSSR count). The first-order chi connectivity index (χ1) is 7.60. The van der Waals surface area contributed by atoms with E-state index in [2.05, 4.69) is 51.1 Å². The fraction of sp³-hybridized carbons (Fsp3) is 0.333. The molecule has 86 valence electrons. The third kappa shape index (κ3) is 2.99. The molecule has 0 fully saturated rings. The van der Waals surface area contributed by atoms with Gasteiger partial charge in [-0.3, -0.25) is 0 Å². The van der Waals surface area contributed by atoms with Gasteiger partial charge in [0.25, 0.3) is 0 Å². The van der Waals surface area contributed by atoms with Crippen molar-refractivity contribution in [2.75, 3.05) is 0 Å². The Bertz CT molecular complexity index is 411. The van der Waals surface area contributed by atoms with Gasteiger partial charge in [-0.15, -0.1) is 0 Å². The second kappa shape index (κ2) is 5.91. The molecule has 0 heterocycles. The number of halogens is 1. The minimum Gasteiger partial charge on any atom is -0.0871 e. The Balaban J connectivity index is 3.32. The fourth-order valence-corrected chi connectivity index (χ4v) is 1.98. The molecule has 0 aliphatic rings. The molecule has 0 aromatic heterocycles. The normalized spacial score (nSPS) is 12.8. The lowest BCUT2D eigenvalue weighted by Crippen LogP contribution is -1.95. The number of rotatable bonds is 3. The zero-order valence-electron chi connectivity index (χ0n) is 10.4. The van der Waals surface area contributed by atoms with Crippen molar-refractivity contribution in [1.29, 1.82) is 0 Å². The van der Waals surface area contributed by atoms with Crippen molar-refractivity contribution in [1.82, 2.24) is 0 Å². The minimum atomic E-state index is 0.480. The predicted octanol–water partition coefficient (Wildman–Crippen LogP) is 5.44. The van der Waals surface area contributed by atoms with E-state index >= 15 is 0 Å². The minimum absolute atomic E-state index is 0.480. The first-order valence-corrected chi connectivity index (χ1v) is 6.06. The van der Waals surface area contributed by atoms with Gasteiger partial charge in [0.1, 0.15) is 0 Å². The molecule has 16 heavy (non-hydrogen) atoms. The van der Waals surface area contributed by atoms with E-state index < -0.39 is 0 Å². The van der Waals surface area contributed by atoms with Gasteiger partial charge in [-0.25, -0.2) is 0 Å². The Morgan fingerprint density at radius 2 is 1.94 bits per heavy atom. The molecular weight excluding hydrogens is 216 g/mol. The summed E-state index contributed by atoms with van der Waals surface area (Å²) in [4.78, 5) is 0. The number of hydrogen-bond acceptors (Lipinski definition) is 0. The van der Waals surface area contributed by atoms with Gasteiger partial charge in [0, 0.05) is 5.02 Å². The summed E-state index contributed by atoms with van der Waals surface area (Å²) in [6.07, 6.45) is 6.33. The van der Waals surface area contributed by atoms with E-state index in [4.69, 9.17) is 11.6 Å². The summed E-state index contributed by atoms with van der Waals surface area (Å²) in [5.41, 5.74) is 3.83. The van der Waals surface area contributed by atoms with Gasteiger partial charge in [0.05, 0.1) is 0 Å². The van der Waals surface area contributed by atoms with E-state index in [0.29, 0.717) is 5.92 Å². The monoisotopic (exact) mass is 234 g/mol. The van der Waals surface area contributed by atoms with E-state index in [1.54, 1.807) is 0 Å².